The van der Waals surface area contributed by atoms with Crippen molar-refractivity contribution in [1.82, 2.24) is 19.9 Å². The van der Waals surface area contributed by atoms with Crippen molar-refractivity contribution < 1.29 is 0 Å². The van der Waals surface area contributed by atoms with Crippen molar-refractivity contribution in [2.45, 2.75) is 19.9 Å². The fraction of sp³-hybridized carbons (Fsp3) is 0.500. The molecule has 0 aliphatic heterocycles. The van der Waals surface area contributed by atoms with Gasteiger partial charge in [-0.05, 0) is 38.1 Å². The molecule has 4 nitrogen and oxygen atoms in total. The maximum atomic E-state index is 4.28. The van der Waals surface area contributed by atoms with Crippen LogP contribution >= 0.6 is 0 Å². The monoisotopic (exact) mass is 218 g/mol. The topological polar surface area (TPSA) is 42.7 Å². The Labute approximate surface area is 95.7 Å². The van der Waals surface area contributed by atoms with Crippen LogP contribution in [0.15, 0.2) is 24.7 Å². The lowest BCUT2D eigenvalue weighted by atomic mass is 10.1. The van der Waals surface area contributed by atoms with Crippen LogP contribution in [-0.2, 0) is 6.54 Å². The van der Waals surface area contributed by atoms with Gasteiger partial charge in [0.1, 0.15) is 0 Å². The van der Waals surface area contributed by atoms with Crippen molar-refractivity contribution in [2.75, 3.05) is 13.6 Å². The summed E-state index contributed by atoms with van der Waals surface area (Å²) in [5.41, 5.74) is 1.96. The van der Waals surface area contributed by atoms with Crippen LogP contribution in [0.4, 0.5) is 0 Å². The van der Waals surface area contributed by atoms with E-state index in [4.69, 9.17) is 0 Å². The van der Waals surface area contributed by atoms with Gasteiger partial charge in [0.05, 0.1) is 11.8 Å². The highest BCUT2D eigenvalue weighted by molar-refractivity contribution is 5.70. The van der Waals surface area contributed by atoms with Crippen LogP contribution in [0.5, 0.6) is 0 Å². The van der Waals surface area contributed by atoms with Crippen LogP contribution in [0.1, 0.15) is 13.3 Å². The molecule has 0 bridgehead atoms. The highest BCUT2D eigenvalue weighted by Crippen LogP contribution is 2.11. The summed E-state index contributed by atoms with van der Waals surface area (Å²) in [4.78, 5) is 8.50. The lowest BCUT2D eigenvalue weighted by Crippen LogP contribution is -2.17. The maximum absolute atomic E-state index is 4.28. The molecule has 1 N–H and O–H groups in total. The average molecular weight is 218 g/mol. The molecule has 0 aromatic carbocycles. The summed E-state index contributed by atoms with van der Waals surface area (Å²) < 4.78 is 2.18. The van der Waals surface area contributed by atoms with E-state index in [0.29, 0.717) is 5.92 Å². The SMILES string of the molecule is CNCC(C)CCn1cnc2ncccc21. The zero-order valence-corrected chi connectivity index (χ0v) is 9.85. The van der Waals surface area contributed by atoms with Crippen molar-refractivity contribution in [3.63, 3.8) is 0 Å². The van der Waals surface area contributed by atoms with E-state index >= 15 is 0 Å². The van der Waals surface area contributed by atoms with Crippen molar-refractivity contribution in [2.24, 2.45) is 5.92 Å². The lowest BCUT2D eigenvalue weighted by Gasteiger charge is -2.11. The molecular weight excluding hydrogens is 200 g/mol. The number of fused-ring (bicyclic) bond motifs is 1. The largest absolute Gasteiger partial charge is 0.329 e. The molecule has 0 aliphatic carbocycles. The predicted octanol–water partition coefficient (Wildman–Crippen LogP) is 1.68. The summed E-state index contributed by atoms with van der Waals surface area (Å²) in [5, 5.41) is 3.20. The maximum Gasteiger partial charge on any atom is 0.177 e. The van der Waals surface area contributed by atoms with E-state index < -0.39 is 0 Å². The van der Waals surface area contributed by atoms with Gasteiger partial charge < -0.3 is 9.88 Å². The summed E-state index contributed by atoms with van der Waals surface area (Å²) in [7, 11) is 1.99. The van der Waals surface area contributed by atoms with E-state index in [1.165, 1.54) is 0 Å². The number of hydrogen-bond donors (Lipinski definition) is 1. The first-order valence-electron chi connectivity index (χ1n) is 5.71. The second-order valence-corrected chi connectivity index (χ2v) is 4.24. The average Bonchev–Trinajstić information content (AvgIpc) is 2.70. The number of rotatable bonds is 5. The van der Waals surface area contributed by atoms with Crippen LogP contribution in [0.25, 0.3) is 11.2 Å². The predicted molar refractivity (Wildman–Crippen MR) is 65.2 cm³/mol. The fourth-order valence-corrected chi connectivity index (χ4v) is 1.89. The van der Waals surface area contributed by atoms with Gasteiger partial charge in [-0.2, -0.15) is 0 Å². The molecule has 1 atom stereocenters. The summed E-state index contributed by atoms with van der Waals surface area (Å²) in [5.74, 6) is 0.680. The number of imidazole rings is 1. The molecule has 16 heavy (non-hydrogen) atoms. The molecule has 86 valence electrons. The minimum atomic E-state index is 0.680. The fourth-order valence-electron chi connectivity index (χ4n) is 1.89. The molecule has 0 amide bonds. The number of pyridine rings is 1. The standard InChI is InChI=1S/C12H18N4/c1-10(8-13-2)5-7-16-9-15-12-11(16)4-3-6-14-12/h3-4,6,9-10,13H,5,7-8H2,1-2H3. The number of aromatic nitrogens is 3. The zero-order chi connectivity index (χ0) is 11.4. The van der Waals surface area contributed by atoms with Crippen LogP contribution in [0.3, 0.4) is 0 Å². The van der Waals surface area contributed by atoms with Crippen LogP contribution in [0.2, 0.25) is 0 Å². The Bertz CT molecular complexity index is 449. The molecule has 0 spiro atoms. The normalized spacial score (nSPS) is 13.1. The molecule has 2 aromatic heterocycles. The zero-order valence-electron chi connectivity index (χ0n) is 9.85. The summed E-state index contributed by atoms with van der Waals surface area (Å²) >= 11 is 0. The molecule has 4 heteroatoms. The Balaban J connectivity index is 2.04. The Kier molecular flexibility index (Phi) is 3.51. The van der Waals surface area contributed by atoms with Crippen LogP contribution in [0, 0.1) is 5.92 Å². The van der Waals surface area contributed by atoms with Crippen LogP contribution < -0.4 is 5.32 Å². The van der Waals surface area contributed by atoms with E-state index in [-0.39, 0.29) is 0 Å². The first-order valence-corrected chi connectivity index (χ1v) is 5.71. The summed E-state index contributed by atoms with van der Waals surface area (Å²) in [6, 6.07) is 4.02. The third-order valence-electron chi connectivity index (χ3n) is 2.81. The molecular formula is C12H18N4. The Morgan fingerprint density at radius 3 is 3.12 bits per heavy atom. The molecule has 2 aromatic rings. The third kappa shape index (κ3) is 2.39. The van der Waals surface area contributed by atoms with Crippen molar-refractivity contribution >= 4 is 11.2 Å². The smallest absolute Gasteiger partial charge is 0.177 e. The van der Waals surface area contributed by atoms with Crippen molar-refractivity contribution in [3.05, 3.63) is 24.7 Å². The molecule has 1 unspecified atom stereocenters. The van der Waals surface area contributed by atoms with Gasteiger partial charge in [0.25, 0.3) is 0 Å². The minimum absolute atomic E-state index is 0.680. The Hall–Kier alpha value is -1.42. The number of nitrogens with one attached hydrogen (secondary N) is 1. The van der Waals surface area contributed by atoms with E-state index in [2.05, 4.69) is 32.8 Å². The van der Waals surface area contributed by atoms with Gasteiger partial charge in [0, 0.05) is 12.7 Å². The Morgan fingerprint density at radius 2 is 2.31 bits per heavy atom. The van der Waals surface area contributed by atoms with Crippen molar-refractivity contribution in [1.29, 1.82) is 0 Å². The highest BCUT2D eigenvalue weighted by atomic mass is 15.1. The van der Waals surface area contributed by atoms with Gasteiger partial charge in [-0.1, -0.05) is 6.92 Å². The van der Waals surface area contributed by atoms with E-state index in [1.807, 2.05) is 19.4 Å². The lowest BCUT2D eigenvalue weighted by molar-refractivity contribution is 0.466. The second-order valence-electron chi connectivity index (χ2n) is 4.24. The molecule has 2 heterocycles. The molecule has 0 aliphatic rings. The molecule has 0 fully saturated rings. The second kappa shape index (κ2) is 5.07. The summed E-state index contributed by atoms with van der Waals surface area (Å²) in [6.45, 7) is 4.32. The number of hydrogen-bond acceptors (Lipinski definition) is 3. The third-order valence-corrected chi connectivity index (χ3v) is 2.81. The van der Waals surface area contributed by atoms with E-state index in [1.54, 1.807) is 6.20 Å². The highest BCUT2D eigenvalue weighted by Gasteiger charge is 2.04. The van der Waals surface area contributed by atoms with Crippen LogP contribution in [-0.4, -0.2) is 28.1 Å². The van der Waals surface area contributed by atoms with Gasteiger partial charge in [-0.15, -0.1) is 0 Å². The van der Waals surface area contributed by atoms with Gasteiger partial charge >= 0.3 is 0 Å². The van der Waals surface area contributed by atoms with E-state index in [9.17, 15) is 0 Å². The molecule has 2 rings (SSSR count). The minimum Gasteiger partial charge on any atom is -0.329 e. The van der Waals surface area contributed by atoms with Gasteiger partial charge in [0.2, 0.25) is 0 Å². The van der Waals surface area contributed by atoms with Gasteiger partial charge in [0.15, 0.2) is 5.65 Å². The molecule has 0 saturated carbocycles. The number of nitrogens with zero attached hydrogens (tertiary/aromatic N) is 3. The van der Waals surface area contributed by atoms with Gasteiger partial charge in [-0.3, -0.25) is 0 Å². The number of aryl methyl sites for hydroxylation is 1. The molecule has 0 radical (unpaired) electrons. The Morgan fingerprint density at radius 1 is 1.44 bits per heavy atom. The quantitative estimate of drug-likeness (QED) is 0.830. The first-order chi connectivity index (χ1) is 7.81. The van der Waals surface area contributed by atoms with Crippen molar-refractivity contribution in [3.8, 4) is 0 Å². The first kappa shape index (κ1) is 11.1. The van der Waals surface area contributed by atoms with Gasteiger partial charge in [-0.25, -0.2) is 9.97 Å². The molecule has 0 saturated heterocycles. The van der Waals surface area contributed by atoms with E-state index in [0.717, 1.165) is 30.7 Å². The summed E-state index contributed by atoms with van der Waals surface area (Å²) in [6.07, 6.45) is 4.81.